The molecule has 0 spiro atoms. The van der Waals surface area contributed by atoms with E-state index in [9.17, 15) is 18.6 Å². The molecule has 0 saturated carbocycles. The Hall–Kier alpha value is -5.28. The van der Waals surface area contributed by atoms with Crippen LogP contribution in [0.5, 0.6) is 0 Å². The normalized spacial score (nSPS) is 12.0. The molecule has 1 atom stereocenters. The molecule has 2 amide bonds. The molecule has 4 aromatic rings. The molecule has 4 N–H and O–H groups in total. The van der Waals surface area contributed by atoms with E-state index in [1.807, 2.05) is 0 Å². The first kappa shape index (κ1) is 29.7. The summed E-state index contributed by atoms with van der Waals surface area (Å²) >= 11 is 0. The first-order chi connectivity index (χ1) is 19.9. The van der Waals surface area contributed by atoms with Crippen molar-refractivity contribution in [2.75, 3.05) is 17.3 Å². The number of nitrogens with two attached hydrogens (primary N) is 1. The number of amides is 2. The lowest BCUT2D eigenvalue weighted by Gasteiger charge is -2.06. The molecule has 0 radical (unpaired) electrons. The van der Waals surface area contributed by atoms with Gasteiger partial charge in [-0.1, -0.05) is 30.0 Å². The summed E-state index contributed by atoms with van der Waals surface area (Å²) in [5.74, 6) is 3.99. The number of carboxylic acid groups (broad SMARTS) is 1. The maximum absolute atomic E-state index is 13.2. The van der Waals surface area contributed by atoms with Crippen molar-refractivity contribution in [2.24, 2.45) is 11.4 Å². The molecule has 4 rings (SSSR count). The lowest BCUT2D eigenvalue weighted by Crippen LogP contribution is -2.16. The highest BCUT2D eigenvalue weighted by atomic mass is 32.2. The smallest absolute Gasteiger partial charge is 0.303 e. The molecular formula is C30H28N6O5S. The van der Waals surface area contributed by atoms with Crippen LogP contribution in [0.4, 0.5) is 11.5 Å². The summed E-state index contributed by atoms with van der Waals surface area (Å²) in [6, 6.07) is 16.5. The van der Waals surface area contributed by atoms with Crippen molar-refractivity contribution in [1.29, 1.82) is 0 Å². The minimum atomic E-state index is -3.10. The molecule has 2 aromatic carbocycles. The highest BCUT2D eigenvalue weighted by Crippen LogP contribution is 2.18. The van der Waals surface area contributed by atoms with E-state index >= 15 is 0 Å². The topological polar surface area (TPSA) is 170 Å². The summed E-state index contributed by atoms with van der Waals surface area (Å²) in [5.41, 5.74) is 9.36. The second kappa shape index (κ2) is 12.5. The Labute approximate surface area is 243 Å². The first-order valence-corrected chi connectivity index (χ1v) is 14.6. The summed E-state index contributed by atoms with van der Waals surface area (Å²) < 4.78 is 18.7. The molecule has 214 valence electrons. The zero-order valence-electron chi connectivity index (χ0n) is 23.1. The number of carboxylic acids is 1. The van der Waals surface area contributed by atoms with Gasteiger partial charge < -0.3 is 16.2 Å². The van der Waals surface area contributed by atoms with Gasteiger partial charge in [-0.15, -0.1) is 0 Å². The Bertz CT molecular complexity index is 1880. The number of carbonyl (C=O) groups excluding carboxylic acids is 2. The van der Waals surface area contributed by atoms with Gasteiger partial charge in [0, 0.05) is 42.1 Å². The second-order valence-electron chi connectivity index (χ2n) is 9.47. The Morgan fingerprint density at radius 2 is 1.83 bits per heavy atom. The molecule has 12 heteroatoms. The van der Waals surface area contributed by atoms with Crippen molar-refractivity contribution in [3.63, 3.8) is 0 Å². The number of anilines is 2. The average Bonchev–Trinajstić information content (AvgIpc) is 3.29. The van der Waals surface area contributed by atoms with Gasteiger partial charge in [0.05, 0.1) is 26.5 Å². The van der Waals surface area contributed by atoms with E-state index in [2.05, 4.69) is 31.6 Å². The third-order valence-electron chi connectivity index (χ3n) is 6.11. The Morgan fingerprint density at radius 1 is 1.10 bits per heavy atom. The Kier molecular flexibility index (Phi) is 8.83. The highest BCUT2D eigenvalue weighted by Gasteiger charge is 2.14. The molecule has 0 saturated heterocycles. The van der Waals surface area contributed by atoms with Gasteiger partial charge in [-0.2, -0.15) is 9.46 Å². The highest BCUT2D eigenvalue weighted by molar-refractivity contribution is 7.93. The summed E-state index contributed by atoms with van der Waals surface area (Å²) in [4.78, 5) is 40.7. The van der Waals surface area contributed by atoms with Crippen molar-refractivity contribution >= 4 is 39.0 Å². The standard InChI is InChI=1S/C30H28N6O5S/c1-19-15-26(36(2)34-19)30(40)33-24-6-4-5-21(16-24)7-11-22-17-23(18-32-28(22)31)29(39)35-42(3,41)25-12-8-20(9-13-25)10-14-27(37)38/h4-6,8-9,12-13,15-18H,10,14H2,1-3H3,(H2,31,32)(H,33,40)(H,37,38). The number of rotatable bonds is 7. The SMILES string of the molecule is Cc1cc(C(=O)Nc2cccc(C#Cc3cc(C(=O)N=S(C)(=O)c4ccc(CCC(=O)O)cc4)cnc3N)c2)n(C)n1. The minimum absolute atomic E-state index is 0.0209. The van der Waals surface area contributed by atoms with E-state index in [4.69, 9.17) is 10.8 Å². The number of nitrogen functional groups attached to an aromatic ring is 1. The van der Waals surface area contributed by atoms with Gasteiger partial charge in [0.25, 0.3) is 11.8 Å². The van der Waals surface area contributed by atoms with E-state index in [0.29, 0.717) is 28.3 Å². The van der Waals surface area contributed by atoms with Crippen molar-refractivity contribution in [3.8, 4) is 11.8 Å². The molecule has 0 aliphatic heterocycles. The van der Waals surface area contributed by atoms with Crippen LogP contribution in [0.15, 0.2) is 76.1 Å². The zero-order valence-corrected chi connectivity index (χ0v) is 23.9. The minimum Gasteiger partial charge on any atom is -0.481 e. The predicted octanol–water partition coefficient (Wildman–Crippen LogP) is 3.67. The van der Waals surface area contributed by atoms with Gasteiger partial charge in [0.15, 0.2) is 0 Å². The predicted molar refractivity (Wildman–Crippen MR) is 158 cm³/mol. The van der Waals surface area contributed by atoms with Crippen LogP contribution < -0.4 is 11.1 Å². The lowest BCUT2D eigenvalue weighted by molar-refractivity contribution is -0.136. The van der Waals surface area contributed by atoms with Gasteiger partial charge in [-0.3, -0.25) is 19.1 Å². The van der Waals surface area contributed by atoms with Gasteiger partial charge in [0.1, 0.15) is 11.5 Å². The Balaban J connectivity index is 1.52. The fourth-order valence-corrected chi connectivity index (χ4v) is 5.12. The number of nitrogens with one attached hydrogen (secondary N) is 1. The number of aromatic nitrogens is 3. The third-order valence-corrected chi connectivity index (χ3v) is 7.77. The van der Waals surface area contributed by atoms with Gasteiger partial charge in [-0.05, 0) is 61.4 Å². The number of nitrogens with zero attached hydrogens (tertiary/aromatic N) is 4. The molecule has 11 nitrogen and oxygen atoms in total. The molecule has 0 fully saturated rings. The monoisotopic (exact) mass is 584 g/mol. The third kappa shape index (κ3) is 7.47. The van der Waals surface area contributed by atoms with Crippen LogP contribution in [0.25, 0.3) is 0 Å². The van der Waals surface area contributed by atoms with Gasteiger partial charge in [0.2, 0.25) is 0 Å². The molecule has 2 heterocycles. The van der Waals surface area contributed by atoms with Crippen molar-refractivity contribution < 1.29 is 23.7 Å². The number of carbonyl (C=O) groups is 3. The van der Waals surface area contributed by atoms with Crippen LogP contribution in [0, 0.1) is 18.8 Å². The first-order valence-electron chi connectivity index (χ1n) is 12.7. The number of hydrogen-bond donors (Lipinski definition) is 3. The molecule has 0 aliphatic rings. The maximum Gasteiger partial charge on any atom is 0.303 e. The van der Waals surface area contributed by atoms with Crippen molar-refractivity contribution in [3.05, 3.63) is 101 Å². The number of aryl methyl sites for hydroxylation is 3. The summed E-state index contributed by atoms with van der Waals surface area (Å²) in [7, 11) is -1.40. The van der Waals surface area contributed by atoms with E-state index in [1.165, 1.54) is 23.2 Å². The Morgan fingerprint density at radius 3 is 2.50 bits per heavy atom. The quantitative estimate of drug-likeness (QED) is 0.276. The fraction of sp³-hybridized carbons (Fsp3) is 0.167. The summed E-state index contributed by atoms with van der Waals surface area (Å²) in [6.45, 7) is 1.80. The molecular weight excluding hydrogens is 556 g/mol. The van der Waals surface area contributed by atoms with Crippen LogP contribution in [0.1, 0.15) is 49.7 Å². The van der Waals surface area contributed by atoms with Gasteiger partial charge in [-0.25, -0.2) is 9.19 Å². The van der Waals surface area contributed by atoms with Crippen LogP contribution in [0.3, 0.4) is 0 Å². The molecule has 1 unspecified atom stereocenters. The van der Waals surface area contributed by atoms with E-state index in [1.54, 1.807) is 68.6 Å². The zero-order chi connectivity index (χ0) is 30.4. The van der Waals surface area contributed by atoms with Crippen molar-refractivity contribution in [1.82, 2.24) is 14.8 Å². The lowest BCUT2D eigenvalue weighted by atomic mass is 10.1. The summed E-state index contributed by atoms with van der Waals surface area (Å²) in [5, 5.41) is 15.8. The van der Waals surface area contributed by atoms with E-state index in [-0.39, 0.29) is 29.3 Å². The van der Waals surface area contributed by atoms with E-state index < -0.39 is 21.6 Å². The van der Waals surface area contributed by atoms with Crippen LogP contribution in [-0.2, 0) is 28.0 Å². The molecule has 2 aromatic heterocycles. The number of pyridine rings is 1. The van der Waals surface area contributed by atoms with E-state index in [0.717, 1.165) is 11.3 Å². The molecule has 0 aliphatic carbocycles. The summed E-state index contributed by atoms with van der Waals surface area (Å²) in [6.07, 6.45) is 2.91. The van der Waals surface area contributed by atoms with Crippen LogP contribution in [-0.4, -0.2) is 48.1 Å². The largest absolute Gasteiger partial charge is 0.481 e. The number of benzene rings is 2. The molecule has 42 heavy (non-hydrogen) atoms. The number of hydrogen-bond acceptors (Lipinski definition) is 7. The average molecular weight is 585 g/mol. The fourth-order valence-electron chi connectivity index (χ4n) is 3.95. The molecule has 0 bridgehead atoms. The van der Waals surface area contributed by atoms with Crippen molar-refractivity contribution in [2.45, 2.75) is 24.7 Å². The van der Waals surface area contributed by atoms with Gasteiger partial charge >= 0.3 is 5.97 Å². The second-order valence-corrected chi connectivity index (χ2v) is 11.7. The van der Waals surface area contributed by atoms with Crippen LogP contribution in [0.2, 0.25) is 0 Å². The van der Waals surface area contributed by atoms with Crippen LogP contribution >= 0.6 is 0 Å². The maximum atomic E-state index is 13.2. The number of aliphatic carboxylic acids is 1.